The van der Waals surface area contributed by atoms with Gasteiger partial charge in [0.25, 0.3) is 5.91 Å². The van der Waals surface area contributed by atoms with Gasteiger partial charge in [0.05, 0.1) is 13.3 Å². The molecule has 7 nitrogen and oxygen atoms in total. The molecule has 0 radical (unpaired) electrons. The number of carbonyl (C=O) groups is 2. The summed E-state index contributed by atoms with van der Waals surface area (Å²) in [5.74, 6) is -0.141. The van der Waals surface area contributed by atoms with Gasteiger partial charge >= 0.3 is 0 Å². The van der Waals surface area contributed by atoms with Crippen molar-refractivity contribution in [3.8, 4) is 11.5 Å². The van der Waals surface area contributed by atoms with Crippen LogP contribution in [0.5, 0.6) is 11.5 Å². The maximum atomic E-state index is 11.9. The van der Waals surface area contributed by atoms with Crippen LogP contribution in [0.2, 0.25) is 0 Å². The molecule has 0 bridgehead atoms. The van der Waals surface area contributed by atoms with Crippen molar-refractivity contribution < 1.29 is 19.4 Å². The van der Waals surface area contributed by atoms with Crippen LogP contribution >= 0.6 is 15.9 Å². The molecule has 130 valence electrons. The average molecular weight is 398 g/mol. The monoisotopic (exact) mass is 397 g/mol. The molecule has 24 heavy (non-hydrogen) atoms. The number of hydrogen-bond acceptors (Lipinski definition) is 5. The number of hydrogen-bond donors (Lipinski definition) is 2. The van der Waals surface area contributed by atoms with Gasteiger partial charge < -0.3 is 14.7 Å². The zero-order valence-corrected chi connectivity index (χ0v) is 15.0. The molecule has 2 N–H and O–H groups in total. The Hall–Kier alpha value is -2.09. The van der Waals surface area contributed by atoms with Crippen molar-refractivity contribution in [2.24, 2.45) is 5.10 Å². The lowest BCUT2D eigenvalue weighted by atomic mass is 10.2. The van der Waals surface area contributed by atoms with Gasteiger partial charge in [0.2, 0.25) is 5.91 Å². The number of benzene rings is 1. The molecule has 0 spiro atoms. The van der Waals surface area contributed by atoms with E-state index in [1.165, 1.54) is 13.3 Å². The van der Waals surface area contributed by atoms with Crippen molar-refractivity contribution in [3.63, 3.8) is 0 Å². The molecule has 0 aromatic heterocycles. The van der Waals surface area contributed by atoms with Crippen molar-refractivity contribution in [2.45, 2.75) is 25.7 Å². The standard InChI is InChI=1S/C16H20BrN3O4/c1-24-13-8-12(17)7-11(16(13)23)9-18-19-14(21)10-20-6-4-2-3-5-15(20)22/h7-9,23H,2-6,10H2,1H3,(H,19,21)/b18-9+. The number of hydrazone groups is 1. The lowest BCUT2D eigenvalue weighted by molar-refractivity contribution is -0.135. The number of phenolic OH excluding ortho intramolecular Hbond substituents is 1. The predicted octanol–water partition coefficient (Wildman–Crippen LogP) is 2.02. The lowest BCUT2D eigenvalue weighted by Gasteiger charge is -2.18. The highest BCUT2D eigenvalue weighted by Crippen LogP contribution is 2.32. The highest BCUT2D eigenvalue weighted by atomic mass is 79.9. The fourth-order valence-corrected chi connectivity index (χ4v) is 2.89. The number of rotatable bonds is 5. The number of amides is 2. The van der Waals surface area contributed by atoms with Crippen LogP contribution in [0, 0.1) is 0 Å². The highest BCUT2D eigenvalue weighted by molar-refractivity contribution is 9.10. The first kappa shape index (κ1) is 18.3. The third-order valence-electron chi connectivity index (χ3n) is 3.69. The van der Waals surface area contributed by atoms with E-state index < -0.39 is 0 Å². The summed E-state index contributed by atoms with van der Waals surface area (Å²) in [4.78, 5) is 25.3. The summed E-state index contributed by atoms with van der Waals surface area (Å²) < 4.78 is 5.75. The van der Waals surface area contributed by atoms with Crippen LogP contribution in [0.15, 0.2) is 21.7 Å². The van der Waals surface area contributed by atoms with Gasteiger partial charge in [0.15, 0.2) is 11.5 Å². The summed E-state index contributed by atoms with van der Waals surface area (Å²) in [7, 11) is 1.45. The van der Waals surface area contributed by atoms with Crippen LogP contribution < -0.4 is 10.2 Å². The fourth-order valence-electron chi connectivity index (χ4n) is 2.44. The fraction of sp³-hybridized carbons (Fsp3) is 0.438. The van der Waals surface area contributed by atoms with Gasteiger partial charge in [-0.05, 0) is 25.0 Å². The molecule has 1 aromatic carbocycles. The molecule has 1 aliphatic heterocycles. The number of halogens is 1. The number of carbonyl (C=O) groups excluding carboxylic acids is 2. The van der Waals surface area contributed by atoms with Crippen LogP contribution in [-0.2, 0) is 9.59 Å². The van der Waals surface area contributed by atoms with E-state index in [0.29, 0.717) is 28.8 Å². The summed E-state index contributed by atoms with van der Waals surface area (Å²) in [6.07, 6.45) is 4.60. The van der Waals surface area contributed by atoms with Gasteiger partial charge in [-0.1, -0.05) is 22.4 Å². The molecule has 0 atom stereocenters. The first-order valence-corrected chi connectivity index (χ1v) is 8.46. The Morgan fingerprint density at radius 2 is 2.25 bits per heavy atom. The second-order valence-electron chi connectivity index (χ2n) is 5.47. The van der Waals surface area contributed by atoms with Crippen molar-refractivity contribution >= 4 is 34.0 Å². The third-order valence-corrected chi connectivity index (χ3v) is 4.15. The molecule has 1 aromatic rings. The maximum absolute atomic E-state index is 11.9. The average Bonchev–Trinajstić information content (AvgIpc) is 2.75. The Balaban J connectivity index is 1.95. The second-order valence-corrected chi connectivity index (χ2v) is 6.38. The largest absolute Gasteiger partial charge is 0.504 e. The van der Waals surface area contributed by atoms with Crippen molar-refractivity contribution in [1.29, 1.82) is 0 Å². The molecular formula is C16H20BrN3O4. The van der Waals surface area contributed by atoms with Gasteiger partial charge in [-0.3, -0.25) is 9.59 Å². The van der Waals surface area contributed by atoms with Gasteiger partial charge in [0.1, 0.15) is 6.54 Å². The van der Waals surface area contributed by atoms with Gasteiger partial charge in [-0.25, -0.2) is 5.43 Å². The molecule has 1 aliphatic rings. The molecule has 8 heteroatoms. The maximum Gasteiger partial charge on any atom is 0.259 e. The van der Waals surface area contributed by atoms with Crippen LogP contribution in [0.4, 0.5) is 0 Å². The summed E-state index contributed by atoms with van der Waals surface area (Å²) in [6, 6.07) is 3.27. The molecule has 1 fully saturated rings. The van der Waals surface area contributed by atoms with E-state index in [4.69, 9.17) is 4.74 Å². The molecule has 2 rings (SSSR count). The van der Waals surface area contributed by atoms with E-state index >= 15 is 0 Å². The number of nitrogens with one attached hydrogen (secondary N) is 1. The predicted molar refractivity (Wildman–Crippen MR) is 93.1 cm³/mol. The first-order chi connectivity index (χ1) is 11.5. The number of methoxy groups -OCH3 is 1. The quantitative estimate of drug-likeness (QED) is 0.587. The van der Waals surface area contributed by atoms with Gasteiger partial charge in [-0.15, -0.1) is 0 Å². The SMILES string of the molecule is COc1cc(Br)cc(/C=N/NC(=O)CN2CCCCCC2=O)c1O. The van der Waals surface area contributed by atoms with E-state index in [-0.39, 0.29) is 24.1 Å². The first-order valence-electron chi connectivity index (χ1n) is 7.67. The molecule has 2 amide bonds. The van der Waals surface area contributed by atoms with E-state index in [1.54, 1.807) is 17.0 Å². The molecule has 0 aliphatic carbocycles. The smallest absolute Gasteiger partial charge is 0.259 e. The van der Waals surface area contributed by atoms with Crippen molar-refractivity contribution in [1.82, 2.24) is 10.3 Å². The van der Waals surface area contributed by atoms with E-state index in [2.05, 4.69) is 26.5 Å². The Kier molecular flexibility index (Phi) is 6.60. The van der Waals surface area contributed by atoms with Crippen molar-refractivity contribution in [3.05, 3.63) is 22.2 Å². The summed E-state index contributed by atoms with van der Waals surface area (Å²) in [5, 5.41) is 13.8. The number of phenols is 1. The Labute approximate surface area is 148 Å². The topological polar surface area (TPSA) is 91.2 Å². The third kappa shape index (κ3) is 4.95. The number of aromatic hydroxyl groups is 1. The van der Waals surface area contributed by atoms with Gasteiger partial charge in [0, 0.05) is 23.0 Å². The summed E-state index contributed by atoms with van der Waals surface area (Å²) >= 11 is 3.30. The molecule has 0 unspecified atom stereocenters. The number of nitrogens with zero attached hydrogens (tertiary/aromatic N) is 2. The van der Waals surface area contributed by atoms with Crippen LogP contribution in [-0.4, -0.2) is 48.2 Å². The summed E-state index contributed by atoms with van der Waals surface area (Å²) in [6.45, 7) is 0.587. The lowest BCUT2D eigenvalue weighted by Crippen LogP contribution is -2.39. The molecule has 1 saturated heterocycles. The zero-order valence-electron chi connectivity index (χ0n) is 13.4. The second kappa shape index (κ2) is 8.68. The minimum Gasteiger partial charge on any atom is -0.504 e. The van der Waals surface area contributed by atoms with E-state index in [0.717, 1.165) is 19.3 Å². The van der Waals surface area contributed by atoms with E-state index in [9.17, 15) is 14.7 Å². The van der Waals surface area contributed by atoms with E-state index in [1.807, 2.05) is 0 Å². The van der Waals surface area contributed by atoms with Crippen LogP contribution in [0.1, 0.15) is 31.2 Å². The van der Waals surface area contributed by atoms with Crippen molar-refractivity contribution in [2.75, 3.05) is 20.2 Å². The summed E-state index contributed by atoms with van der Waals surface area (Å²) in [5.41, 5.74) is 2.77. The zero-order chi connectivity index (χ0) is 17.5. The van der Waals surface area contributed by atoms with Gasteiger partial charge in [-0.2, -0.15) is 5.10 Å². The van der Waals surface area contributed by atoms with Crippen LogP contribution in [0.3, 0.4) is 0 Å². The number of likely N-dealkylation sites (tertiary alicyclic amines) is 1. The minimum atomic E-state index is -0.372. The highest BCUT2D eigenvalue weighted by Gasteiger charge is 2.18. The van der Waals surface area contributed by atoms with Crippen LogP contribution in [0.25, 0.3) is 0 Å². The number of ether oxygens (including phenoxy) is 1. The normalized spacial score (nSPS) is 15.4. The molecule has 1 heterocycles. The molecular weight excluding hydrogens is 378 g/mol. The Morgan fingerprint density at radius 3 is 3.00 bits per heavy atom. The molecule has 0 saturated carbocycles. The Bertz CT molecular complexity index is 648. The Morgan fingerprint density at radius 1 is 1.46 bits per heavy atom. The minimum absolute atomic E-state index is 0.000926.